The second kappa shape index (κ2) is 7.03. The van der Waals surface area contributed by atoms with E-state index in [9.17, 15) is 4.79 Å². The highest BCUT2D eigenvalue weighted by Gasteiger charge is 2.30. The Morgan fingerprint density at radius 2 is 2.36 bits per heavy atom. The Morgan fingerprint density at radius 1 is 1.45 bits per heavy atom. The van der Waals surface area contributed by atoms with Crippen molar-refractivity contribution in [1.82, 2.24) is 9.88 Å². The van der Waals surface area contributed by atoms with Gasteiger partial charge in [0.15, 0.2) is 0 Å². The number of ether oxygens (including phenoxy) is 1. The van der Waals surface area contributed by atoms with Crippen LogP contribution in [0.25, 0.3) is 0 Å². The van der Waals surface area contributed by atoms with Gasteiger partial charge in [0.1, 0.15) is 5.01 Å². The molecule has 2 heterocycles. The van der Waals surface area contributed by atoms with Gasteiger partial charge in [0, 0.05) is 30.8 Å². The first-order chi connectivity index (χ1) is 10.8. The predicted molar refractivity (Wildman–Crippen MR) is 86.9 cm³/mol. The van der Waals surface area contributed by atoms with Crippen LogP contribution >= 0.6 is 11.3 Å². The molecular formula is C17H20N2O2S. The Labute approximate surface area is 134 Å². The summed E-state index contributed by atoms with van der Waals surface area (Å²) in [5, 5.41) is 3.02. The number of nitrogens with zero attached hydrogens (tertiary/aromatic N) is 2. The molecule has 0 aliphatic carbocycles. The molecule has 116 valence electrons. The number of aromatic nitrogens is 1. The van der Waals surface area contributed by atoms with Crippen LogP contribution in [-0.2, 0) is 11.3 Å². The molecule has 22 heavy (non-hydrogen) atoms. The highest BCUT2D eigenvalue weighted by Crippen LogP contribution is 2.33. The van der Waals surface area contributed by atoms with Gasteiger partial charge in [0.25, 0.3) is 5.91 Å². The van der Waals surface area contributed by atoms with Crippen molar-refractivity contribution in [1.29, 1.82) is 0 Å². The van der Waals surface area contributed by atoms with Gasteiger partial charge in [-0.2, -0.15) is 0 Å². The summed E-state index contributed by atoms with van der Waals surface area (Å²) in [6.45, 7) is 1.33. The molecule has 1 unspecified atom stereocenters. The summed E-state index contributed by atoms with van der Waals surface area (Å²) in [6, 6.07) is 7.83. The third-order valence-corrected chi connectivity index (χ3v) is 4.86. The molecule has 1 aromatic heterocycles. The third kappa shape index (κ3) is 3.20. The standard InChI is InChI=1S/C17H20N2O2S/c1-21-12-13-5-4-6-14(11-13)17(20)19-9-3-2-7-15(19)16-18-8-10-22-16/h4-6,8,10-11,15H,2-3,7,9,12H2,1H3. The van der Waals surface area contributed by atoms with Crippen molar-refractivity contribution in [3.05, 3.63) is 52.0 Å². The van der Waals surface area contributed by atoms with Crippen molar-refractivity contribution in [3.8, 4) is 0 Å². The topological polar surface area (TPSA) is 42.4 Å². The predicted octanol–water partition coefficient (Wildman–Crippen LogP) is 3.66. The lowest BCUT2D eigenvalue weighted by atomic mass is 10.0. The number of piperidine rings is 1. The van der Waals surface area contributed by atoms with Gasteiger partial charge in [-0.3, -0.25) is 4.79 Å². The fourth-order valence-corrected chi connectivity index (χ4v) is 3.74. The number of carbonyl (C=O) groups excluding carboxylic acids is 1. The molecule has 1 amide bonds. The van der Waals surface area contributed by atoms with E-state index in [4.69, 9.17) is 4.74 Å². The summed E-state index contributed by atoms with van der Waals surface area (Å²) in [5.74, 6) is 0.0952. The Kier molecular flexibility index (Phi) is 4.85. The zero-order valence-corrected chi connectivity index (χ0v) is 13.5. The van der Waals surface area contributed by atoms with Crippen LogP contribution in [0.3, 0.4) is 0 Å². The molecule has 0 radical (unpaired) electrons. The summed E-state index contributed by atoms with van der Waals surface area (Å²) in [5.41, 5.74) is 1.76. The minimum Gasteiger partial charge on any atom is -0.380 e. The largest absolute Gasteiger partial charge is 0.380 e. The SMILES string of the molecule is COCc1cccc(C(=O)N2CCCCC2c2nccs2)c1. The molecule has 2 aromatic rings. The van der Waals surface area contributed by atoms with Gasteiger partial charge < -0.3 is 9.64 Å². The molecule has 1 aliphatic rings. The lowest BCUT2D eigenvalue weighted by Crippen LogP contribution is -2.38. The summed E-state index contributed by atoms with van der Waals surface area (Å²) >= 11 is 1.63. The van der Waals surface area contributed by atoms with Crippen molar-refractivity contribution < 1.29 is 9.53 Å². The molecule has 4 nitrogen and oxygen atoms in total. The smallest absolute Gasteiger partial charge is 0.254 e. The normalized spacial score (nSPS) is 18.4. The van der Waals surface area contributed by atoms with E-state index in [0.717, 1.165) is 41.9 Å². The van der Waals surface area contributed by atoms with Gasteiger partial charge >= 0.3 is 0 Å². The highest BCUT2D eigenvalue weighted by atomic mass is 32.1. The van der Waals surface area contributed by atoms with E-state index in [2.05, 4.69) is 4.98 Å². The Hall–Kier alpha value is -1.72. The third-order valence-electron chi connectivity index (χ3n) is 3.99. The molecule has 5 heteroatoms. The number of rotatable bonds is 4. The molecule has 1 saturated heterocycles. The van der Waals surface area contributed by atoms with Crippen LogP contribution in [0.4, 0.5) is 0 Å². The molecule has 1 atom stereocenters. The fraction of sp³-hybridized carbons (Fsp3) is 0.412. The number of methoxy groups -OCH3 is 1. The number of amides is 1. The molecule has 1 fully saturated rings. The van der Waals surface area contributed by atoms with Crippen molar-refractivity contribution in [2.24, 2.45) is 0 Å². The Bertz CT molecular complexity index is 627. The van der Waals surface area contributed by atoms with Crippen LogP contribution in [0.1, 0.15) is 46.2 Å². The molecule has 1 aliphatic heterocycles. The Balaban J connectivity index is 1.84. The molecule has 1 aromatic carbocycles. The van der Waals surface area contributed by atoms with Gasteiger partial charge in [-0.25, -0.2) is 4.98 Å². The fourth-order valence-electron chi connectivity index (χ4n) is 2.96. The zero-order chi connectivity index (χ0) is 15.4. The average Bonchev–Trinajstić information content (AvgIpc) is 3.09. The number of carbonyl (C=O) groups is 1. The zero-order valence-electron chi connectivity index (χ0n) is 12.7. The van der Waals surface area contributed by atoms with Crippen molar-refractivity contribution >= 4 is 17.2 Å². The molecular weight excluding hydrogens is 296 g/mol. The van der Waals surface area contributed by atoms with E-state index in [1.54, 1.807) is 18.4 Å². The second-order valence-electron chi connectivity index (χ2n) is 5.51. The number of hydrogen-bond acceptors (Lipinski definition) is 4. The van der Waals surface area contributed by atoms with Crippen LogP contribution in [0.5, 0.6) is 0 Å². The van der Waals surface area contributed by atoms with Gasteiger partial charge in [-0.15, -0.1) is 11.3 Å². The summed E-state index contributed by atoms with van der Waals surface area (Å²) in [4.78, 5) is 19.3. The first-order valence-corrected chi connectivity index (χ1v) is 8.46. The van der Waals surface area contributed by atoms with E-state index < -0.39 is 0 Å². The van der Waals surface area contributed by atoms with E-state index in [1.165, 1.54) is 0 Å². The molecule has 0 bridgehead atoms. The van der Waals surface area contributed by atoms with Gasteiger partial charge in [-0.05, 0) is 37.0 Å². The van der Waals surface area contributed by atoms with E-state index in [-0.39, 0.29) is 11.9 Å². The average molecular weight is 316 g/mol. The van der Waals surface area contributed by atoms with Crippen LogP contribution in [0.15, 0.2) is 35.8 Å². The quantitative estimate of drug-likeness (QED) is 0.864. The van der Waals surface area contributed by atoms with E-state index >= 15 is 0 Å². The first kappa shape index (κ1) is 15.2. The minimum atomic E-state index is 0.0952. The molecule has 0 spiro atoms. The highest BCUT2D eigenvalue weighted by molar-refractivity contribution is 7.09. The van der Waals surface area contributed by atoms with Crippen molar-refractivity contribution in [3.63, 3.8) is 0 Å². The van der Waals surface area contributed by atoms with Crippen molar-refractivity contribution in [2.45, 2.75) is 31.9 Å². The number of likely N-dealkylation sites (tertiary alicyclic amines) is 1. The number of hydrogen-bond donors (Lipinski definition) is 0. The summed E-state index contributed by atoms with van der Waals surface area (Å²) < 4.78 is 5.15. The first-order valence-electron chi connectivity index (χ1n) is 7.58. The monoisotopic (exact) mass is 316 g/mol. The number of benzene rings is 1. The Morgan fingerprint density at radius 3 is 3.14 bits per heavy atom. The minimum absolute atomic E-state index is 0.0952. The van der Waals surface area contributed by atoms with Crippen LogP contribution in [-0.4, -0.2) is 29.4 Å². The summed E-state index contributed by atoms with van der Waals surface area (Å²) in [6.07, 6.45) is 5.02. The van der Waals surface area contributed by atoms with Gasteiger partial charge in [-0.1, -0.05) is 12.1 Å². The molecule has 0 saturated carbocycles. The summed E-state index contributed by atoms with van der Waals surface area (Å²) in [7, 11) is 1.66. The number of thiazole rings is 1. The van der Waals surface area contributed by atoms with Gasteiger partial charge in [0.05, 0.1) is 12.6 Å². The van der Waals surface area contributed by atoms with E-state index in [1.807, 2.05) is 40.7 Å². The maximum atomic E-state index is 12.9. The lowest BCUT2D eigenvalue weighted by molar-refractivity contribution is 0.0611. The molecule has 0 N–H and O–H groups in total. The van der Waals surface area contributed by atoms with E-state index in [0.29, 0.717) is 6.61 Å². The lowest BCUT2D eigenvalue weighted by Gasteiger charge is -2.34. The van der Waals surface area contributed by atoms with Crippen LogP contribution in [0, 0.1) is 0 Å². The van der Waals surface area contributed by atoms with Crippen molar-refractivity contribution in [2.75, 3.05) is 13.7 Å². The maximum absolute atomic E-state index is 12.9. The van der Waals surface area contributed by atoms with Crippen LogP contribution in [0.2, 0.25) is 0 Å². The molecule has 3 rings (SSSR count). The maximum Gasteiger partial charge on any atom is 0.254 e. The van der Waals surface area contributed by atoms with Gasteiger partial charge in [0.2, 0.25) is 0 Å². The van der Waals surface area contributed by atoms with Crippen LogP contribution < -0.4 is 0 Å². The second-order valence-corrected chi connectivity index (χ2v) is 6.44.